The third kappa shape index (κ3) is 2.49. The zero-order chi connectivity index (χ0) is 14.3. The summed E-state index contributed by atoms with van der Waals surface area (Å²) >= 11 is 6.22. The Morgan fingerprint density at radius 3 is 2.85 bits per heavy atom. The van der Waals surface area contributed by atoms with Crippen LogP contribution in [-0.4, -0.2) is 16.7 Å². The molecule has 2 aromatic rings. The van der Waals surface area contributed by atoms with E-state index >= 15 is 0 Å². The first kappa shape index (κ1) is 13.7. The largest absolute Gasteiger partial charge is 0.494 e. The molecule has 1 aliphatic carbocycles. The summed E-state index contributed by atoms with van der Waals surface area (Å²) in [5.74, 6) is 1.49. The number of benzene rings is 1. The van der Waals surface area contributed by atoms with E-state index in [0.717, 1.165) is 30.2 Å². The average molecular weight is 297 g/mol. The van der Waals surface area contributed by atoms with Crippen molar-refractivity contribution in [2.45, 2.75) is 38.1 Å². The molecule has 3 rings (SSSR count). The fourth-order valence-corrected chi connectivity index (χ4v) is 2.72. The Labute approximate surface area is 122 Å². The van der Waals surface area contributed by atoms with Crippen molar-refractivity contribution in [3.05, 3.63) is 23.8 Å². The van der Waals surface area contributed by atoms with Gasteiger partial charge in [0.05, 0.1) is 23.5 Å². The molecule has 0 radical (unpaired) electrons. The predicted molar refractivity (Wildman–Crippen MR) is 77.9 cm³/mol. The van der Waals surface area contributed by atoms with Crippen LogP contribution in [0.3, 0.4) is 0 Å². The van der Waals surface area contributed by atoms with Gasteiger partial charge in [-0.05, 0) is 19.3 Å². The second-order valence-electron chi connectivity index (χ2n) is 5.45. The van der Waals surface area contributed by atoms with Crippen molar-refractivity contribution in [3.8, 4) is 5.75 Å². The molecule has 1 unspecified atom stereocenters. The van der Waals surface area contributed by atoms with Gasteiger partial charge in [-0.2, -0.15) is 0 Å². The summed E-state index contributed by atoms with van der Waals surface area (Å²) in [6, 6.07) is 3.14. The lowest BCUT2D eigenvalue weighted by atomic mass is 10.2. The number of rotatable bonds is 5. The molecular formula is C15H18ClFN2O. The molecule has 20 heavy (non-hydrogen) atoms. The van der Waals surface area contributed by atoms with Gasteiger partial charge in [-0.15, -0.1) is 11.6 Å². The standard InChI is InChI=1S/C15H18ClFN2O/c1-9(16)15-18-12-7-11(17)14(20-2)8-13(12)19(15)6-5-10-3-4-10/h7-10H,3-6H2,1-2H3. The Bertz CT molecular complexity index is 634. The van der Waals surface area contributed by atoms with Crippen molar-refractivity contribution in [1.29, 1.82) is 0 Å². The van der Waals surface area contributed by atoms with E-state index in [4.69, 9.17) is 16.3 Å². The molecule has 5 heteroatoms. The smallest absolute Gasteiger partial charge is 0.167 e. The quantitative estimate of drug-likeness (QED) is 0.770. The molecule has 1 aromatic carbocycles. The van der Waals surface area contributed by atoms with E-state index in [1.165, 1.54) is 26.0 Å². The first-order valence-electron chi connectivity index (χ1n) is 6.98. The van der Waals surface area contributed by atoms with Gasteiger partial charge < -0.3 is 9.30 Å². The maximum Gasteiger partial charge on any atom is 0.167 e. The minimum atomic E-state index is -0.388. The van der Waals surface area contributed by atoms with Crippen molar-refractivity contribution in [3.63, 3.8) is 0 Å². The molecule has 0 N–H and O–H groups in total. The van der Waals surface area contributed by atoms with Crippen LogP contribution in [-0.2, 0) is 6.54 Å². The molecule has 0 bridgehead atoms. The highest BCUT2D eigenvalue weighted by atomic mass is 35.5. The topological polar surface area (TPSA) is 27.1 Å². The van der Waals surface area contributed by atoms with Gasteiger partial charge in [0.15, 0.2) is 11.6 Å². The van der Waals surface area contributed by atoms with Crippen LogP contribution in [0.1, 0.15) is 37.4 Å². The molecule has 0 saturated heterocycles. The van der Waals surface area contributed by atoms with E-state index in [1.807, 2.05) is 6.92 Å². The van der Waals surface area contributed by atoms with Crippen LogP contribution in [0, 0.1) is 11.7 Å². The second kappa shape index (κ2) is 5.24. The number of imidazole rings is 1. The van der Waals surface area contributed by atoms with Gasteiger partial charge in [0, 0.05) is 18.7 Å². The molecular weight excluding hydrogens is 279 g/mol. The summed E-state index contributed by atoms with van der Waals surface area (Å²) < 4.78 is 20.9. The number of methoxy groups -OCH3 is 1. The molecule has 0 amide bonds. The average Bonchev–Trinajstić information content (AvgIpc) is 3.17. The molecule has 0 aliphatic heterocycles. The molecule has 1 saturated carbocycles. The minimum Gasteiger partial charge on any atom is -0.494 e. The van der Waals surface area contributed by atoms with Crippen LogP contribution in [0.4, 0.5) is 4.39 Å². The first-order valence-corrected chi connectivity index (χ1v) is 7.41. The third-order valence-electron chi connectivity index (χ3n) is 3.87. The maximum atomic E-state index is 13.8. The molecule has 1 atom stereocenters. The van der Waals surface area contributed by atoms with Gasteiger partial charge in [0.25, 0.3) is 0 Å². The minimum absolute atomic E-state index is 0.198. The number of halogens is 2. The molecule has 3 nitrogen and oxygen atoms in total. The fourth-order valence-electron chi connectivity index (χ4n) is 2.56. The molecule has 1 heterocycles. The summed E-state index contributed by atoms with van der Waals surface area (Å²) in [7, 11) is 1.47. The third-order valence-corrected chi connectivity index (χ3v) is 4.06. The zero-order valence-electron chi connectivity index (χ0n) is 11.7. The lowest BCUT2D eigenvalue weighted by Gasteiger charge is -2.10. The Morgan fingerprint density at radius 2 is 2.25 bits per heavy atom. The van der Waals surface area contributed by atoms with Crippen LogP contribution in [0.5, 0.6) is 5.75 Å². The number of hydrogen-bond donors (Lipinski definition) is 0. The number of nitrogens with zero attached hydrogens (tertiary/aromatic N) is 2. The van der Waals surface area contributed by atoms with E-state index in [2.05, 4.69) is 9.55 Å². The molecule has 1 aromatic heterocycles. The Kier molecular flexibility index (Phi) is 3.59. The Balaban J connectivity index is 2.07. The second-order valence-corrected chi connectivity index (χ2v) is 6.10. The maximum absolute atomic E-state index is 13.8. The van der Waals surface area contributed by atoms with Crippen molar-refractivity contribution < 1.29 is 9.13 Å². The summed E-state index contributed by atoms with van der Waals surface area (Å²) in [6.45, 7) is 2.77. The SMILES string of the molecule is COc1cc2c(cc1F)nc(C(C)Cl)n2CCC1CC1. The molecule has 1 aliphatic rings. The Hall–Kier alpha value is -1.29. The van der Waals surface area contributed by atoms with Gasteiger partial charge >= 0.3 is 0 Å². The van der Waals surface area contributed by atoms with Crippen LogP contribution < -0.4 is 4.74 Å². The molecule has 0 spiro atoms. The van der Waals surface area contributed by atoms with Crippen LogP contribution in [0.15, 0.2) is 12.1 Å². The van der Waals surface area contributed by atoms with Gasteiger partial charge in [-0.25, -0.2) is 9.37 Å². The number of alkyl halides is 1. The summed E-state index contributed by atoms with van der Waals surface area (Å²) in [6.07, 6.45) is 3.76. The van der Waals surface area contributed by atoms with Gasteiger partial charge in [0.1, 0.15) is 5.82 Å². The normalized spacial score (nSPS) is 16.6. The van der Waals surface area contributed by atoms with Gasteiger partial charge in [-0.3, -0.25) is 0 Å². The van der Waals surface area contributed by atoms with Crippen molar-refractivity contribution >= 4 is 22.6 Å². The number of aryl methyl sites for hydroxylation is 1. The van der Waals surface area contributed by atoms with E-state index < -0.39 is 0 Å². The zero-order valence-corrected chi connectivity index (χ0v) is 12.5. The number of fused-ring (bicyclic) bond motifs is 1. The summed E-state index contributed by atoms with van der Waals surface area (Å²) in [5, 5.41) is -0.198. The van der Waals surface area contributed by atoms with Crippen LogP contribution in [0.25, 0.3) is 11.0 Å². The molecule has 108 valence electrons. The van der Waals surface area contributed by atoms with Gasteiger partial charge in [0.2, 0.25) is 0 Å². The van der Waals surface area contributed by atoms with Crippen LogP contribution in [0.2, 0.25) is 0 Å². The lowest BCUT2D eigenvalue weighted by molar-refractivity contribution is 0.387. The van der Waals surface area contributed by atoms with E-state index in [-0.39, 0.29) is 16.9 Å². The van der Waals surface area contributed by atoms with Crippen molar-refractivity contribution in [2.24, 2.45) is 5.92 Å². The predicted octanol–water partition coefficient (Wildman–Crippen LogP) is 4.28. The van der Waals surface area contributed by atoms with Gasteiger partial charge in [-0.1, -0.05) is 12.8 Å². The fraction of sp³-hybridized carbons (Fsp3) is 0.533. The van der Waals surface area contributed by atoms with Crippen molar-refractivity contribution in [1.82, 2.24) is 9.55 Å². The lowest BCUT2D eigenvalue weighted by Crippen LogP contribution is -2.05. The van der Waals surface area contributed by atoms with Crippen LogP contribution >= 0.6 is 11.6 Å². The number of hydrogen-bond acceptors (Lipinski definition) is 2. The van der Waals surface area contributed by atoms with E-state index in [1.54, 1.807) is 6.07 Å². The van der Waals surface area contributed by atoms with Crippen molar-refractivity contribution in [2.75, 3.05) is 7.11 Å². The summed E-state index contributed by atoms with van der Waals surface area (Å²) in [5.41, 5.74) is 1.54. The number of aromatic nitrogens is 2. The Morgan fingerprint density at radius 1 is 1.50 bits per heavy atom. The van der Waals surface area contributed by atoms with E-state index in [0.29, 0.717) is 5.52 Å². The molecule has 1 fully saturated rings. The highest BCUT2D eigenvalue weighted by Gasteiger charge is 2.23. The van der Waals surface area contributed by atoms with E-state index in [9.17, 15) is 4.39 Å². The monoisotopic (exact) mass is 296 g/mol. The summed E-state index contributed by atoms with van der Waals surface area (Å²) in [4.78, 5) is 4.48. The first-order chi connectivity index (χ1) is 9.60. The highest BCUT2D eigenvalue weighted by molar-refractivity contribution is 6.20. The highest BCUT2D eigenvalue weighted by Crippen LogP contribution is 2.35. The number of ether oxygens (including phenoxy) is 1.